The zero-order valence-electron chi connectivity index (χ0n) is 8.59. The maximum absolute atomic E-state index is 12.1. The van der Waals surface area contributed by atoms with Crippen molar-refractivity contribution in [3.8, 4) is 0 Å². The van der Waals surface area contributed by atoms with E-state index in [-0.39, 0.29) is 57.1 Å². The molecule has 82 valence electrons. The Morgan fingerprint density at radius 3 is 2.62 bits per heavy atom. The minimum Gasteiger partial charge on any atom is -0.445 e. The van der Waals surface area contributed by atoms with Crippen molar-refractivity contribution >= 4 is 30.3 Å². The van der Waals surface area contributed by atoms with Crippen molar-refractivity contribution in [1.82, 2.24) is 4.98 Å². The molecule has 0 aromatic carbocycles. The Labute approximate surface area is 144 Å². The first-order valence-corrected chi connectivity index (χ1v) is 5.38. The van der Waals surface area contributed by atoms with Gasteiger partial charge in [0.2, 0.25) is 0 Å². The third-order valence-electron chi connectivity index (χ3n) is 1.58. The summed E-state index contributed by atoms with van der Waals surface area (Å²) in [6, 6.07) is 3.20. The minimum atomic E-state index is -4.97. The summed E-state index contributed by atoms with van der Waals surface area (Å²) in [5.41, 5.74) is -0.735. The Kier molecular flexibility index (Phi) is 7.93. The number of hydrogen-bond donors (Lipinski definition) is 0. The number of rotatable bonds is 4. The van der Waals surface area contributed by atoms with Crippen molar-refractivity contribution in [2.45, 2.75) is 5.03 Å². The molecule has 8 heteroatoms. The summed E-state index contributed by atoms with van der Waals surface area (Å²) in [5, 5.41) is 0.741. The molecule has 0 aliphatic carbocycles. The van der Waals surface area contributed by atoms with Crippen molar-refractivity contribution in [3.63, 3.8) is 0 Å². The van der Waals surface area contributed by atoms with E-state index >= 15 is 0 Å². The second-order valence-electron chi connectivity index (χ2n) is 2.81. The summed E-state index contributed by atoms with van der Waals surface area (Å²) in [6.07, 6.45) is 1.48. The Bertz CT molecular complexity index is 375. The third kappa shape index (κ3) is 5.57. The molecule has 0 aliphatic heterocycles. The molecule has 16 heavy (non-hydrogen) atoms. The van der Waals surface area contributed by atoms with Gasteiger partial charge in [0.1, 0.15) is 5.03 Å². The number of nitrogens with zero attached hydrogens (tertiary/aromatic N) is 1. The molecule has 0 bridgehead atoms. The maximum Gasteiger partial charge on any atom is 1.00 e. The van der Waals surface area contributed by atoms with Crippen LogP contribution in [0.5, 0.6) is 0 Å². The van der Waals surface area contributed by atoms with Crippen LogP contribution in [-0.2, 0) is 0 Å². The molecule has 0 atom stereocenters. The number of pyridine rings is 1. The zero-order valence-corrected chi connectivity index (χ0v) is 13.3. The summed E-state index contributed by atoms with van der Waals surface area (Å²) in [7, 11) is 0. The summed E-state index contributed by atoms with van der Waals surface area (Å²) in [6.45, 7) is -1.99. The van der Waals surface area contributed by atoms with E-state index in [0.717, 1.165) is 11.8 Å². The van der Waals surface area contributed by atoms with Crippen LogP contribution >= 0.6 is 23.4 Å². The van der Waals surface area contributed by atoms with E-state index in [4.69, 9.17) is 11.6 Å². The Hall–Kier alpha value is 1.02. The molecule has 0 N–H and O–H groups in total. The van der Waals surface area contributed by atoms with Crippen LogP contribution in [0.4, 0.5) is 12.9 Å². The van der Waals surface area contributed by atoms with E-state index in [1.54, 1.807) is 12.1 Å². The molecule has 0 saturated carbocycles. The van der Waals surface area contributed by atoms with Gasteiger partial charge in [-0.3, -0.25) is 0 Å². The fraction of sp³-hybridized carbons (Fsp3) is 0.125. The van der Waals surface area contributed by atoms with Gasteiger partial charge in [0.15, 0.2) is 0 Å². The first-order chi connectivity index (χ1) is 6.91. The summed E-state index contributed by atoms with van der Waals surface area (Å²) in [5.74, 6) is -0.236. The van der Waals surface area contributed by atoms with Crippen LogP contribution < -0.4 is 51.4 Å². The van der Waals surface area contributed by atoms with Crippen LogP contribution in [-0.4, -0.2) is 17.7 Å². The minimum absolute atomic E-state index is 0. The molecule has 0 aliphatic rings. The smallest absolute Gasteiger partial charge is 0.445 e. The number of halogens is 4. The van der Waals surface area contributed by atoms with Crippen LogP contribution in [0.1, 0.15) is 0 Å². The SMILES string of the molecule is C=C(CSc1ncccc1Cl)[B-](F)(F)F.[K+]. The Balaban J connectivity index is 0.00000225. The zero-order chi connectivity index (χ0) is 11.5. The topological polar surface area (TPSA) is 12.9 Å². The van der Waals surface area contributed by atoms with Crippen LogP contribution in [0, 0.1) is 0 Å². The second kappa shape index (κ2) is 7.45. The van der Waals surface area contributed by atoms with Gasteiger partial charge >= 0.3 is 58.4 Å². The van der Waals surface area contributed by atoms with Gasteiger partial charge in [-0.25, -0.2) is 4.98 Å². The van der Waals surface area contributed by atoms with Crippen LogP contribution in [0.2, 0.25) is 5.02 Å². The number of hydrogen-bond acceptors (Lipinski definition) is 2. The van der Waals surface area contributed by atoms with Crippen LogP contribution in [0.25, 0.3) is 0 Å². The predicted molar refractivity (Wildman–Crippen MR) is 58.2 cm³/mol. The van der Waals surface area contributed by atoms with Gasteiger partial charge in [-0.05, 0) is 17.9 Å². The third-order valence-corrected chi connectivity index (χ3v) is 3.11. The first-order valence-electron chi connectivity index (χ1n) is 4.02. The van der Waals surface area contributed by atoms with Crippen molar-refractivity contribution in [2.24, 2.45) is 0 Å². The first kappa shape index (κ1) is 17.0. The van der Waals surface area contributed by atoms with Gasteiger partial charge in [0.05, 0.1) is 5.02 Å². The fourth-order valence-corrected chi connectivity index (χ4v) is 1.87. The van der Waals surface area contributed by atoms with Crippen molar-refractivity contribution in [3.05, 3.63) is 35.4 Å². The van der Waals surface area contributed by atoms with Crippen LogP contribution in [0.15, 0.2) is 35.4 Å². The van der Waals surface area contributed by atoms with Crippen LogP contribution in [0.3, 0.4) is 0 Å². The van der Waals surface area contributed by atoms with Crippen molar-refractivity contribution in [2.75, 3.05) is 5.75 Å². The standard InChI is InChI=1S/C8H7BClF3NS.K/c1-6(9(11,12)13)5-15-8-7(10)3-2-4-14-8;/h2-4H,1,5H2;/q-1;+1. The Morgan fingerprint density at radius 1 is 1.50 bits per heavy atom. The van der Waals surface area contributed by atoms with E-state index in [0.29, 0.717) is 10.0 Å². The average Bonchev–Trinajstić information content (AvgIpc) is 2.14. The largest absolute Gasteiger partial charge is 1.00 e. The normalized spacial score (nSPS) is 10.8. The maximum atomic E-state index is 12.1. The summed E-state index contributed by atoms with van der Waals surface area (Å²) < 4.78 is 36.4. The van der Waals surface area contributed by atoms with Gasteiger partial charge in [0.25, 0.3) is 0 Å². The van der Waals surface area contributed by atoms with Gasteiger partial charge in [-0.15, -0.1) is 23.8 Å². The van der Waals surface area contributed by atoms with Gasteiger partial charge in [-0.2, -0.15) is 0 Å². The van der Waals surface area contributed by atoms with E-state index < -0.39 is 12.4 Å². The second-order valence-corrected chi connectivity index (χ2v) is 4.18. The van der Waals surface area contributed by atoms with Crippen molar-refractivity contribution in [1.29, 1.82) is 0 Å². The molecule has 1 aromatic rings. The van der Waals surface area contributed by atoms with E-state index in [1.807, 2.05) is 0 Å². The van der Waals surface area contributed by atoms with Crippen molar-refractivity contribution < 1.29 is 64.3 Å². The summed E-state index contributed by atoms with van der Waals surface area (Å²) in [4.78, 5) is 3.86. The van der Waals surface area contributed by atoms with Gasteiger partial charge in [0, 0.05) is 6.20 Å². The van der Waals surface area contributed by atoms with Gasteiger partial charge < -0.3 is 12.9 Å². The molecule has 1 heterocycles. The average molecular weight is 292 g/mol. The van der Waals surface area contributed by atoms with Gasteiger partial charge in [-0.1, -0.05) is 11.6 Å². The molecule has 0 amide bonds. The van der Waals surface area contributed by atoms with E-state index in [1.165, 1.54) is 6.20 Å². The molecule has 0 spiro atoms. The monoisotopic (exact) mass is 291 g/mol. The Morgan fingerprint density at radius 2 is 2.12 bits per heavy atom. The predicted octanol–water partition coefficient (Wildman–Crippen LogP) is 0.774. The molecule has 1 aromatic heterocycles. The fourth-order valence-electron chi connectivity index (χ4n) is 0.733. The molecule has 0 saturated heterocycles. The molecule has 1 nitrogen and oxygen atoms in total. The molecule has 1 rings (SSSR count). The molecular weight excluding hydrogens is 285 g/mol. The van der Waals surface area contributed by atoms with E-state index in [9.17, 15) is 12.9 Å². The number of aromatic nitrogens is 1. The molecule has 0 unspecified atom stereocenters. The molecular formula is C8H7BClF3KNS. The summed E-state index contributed by atoms with van der Waals surface area (Å²) >= 11 is 6.67. The molecule has 0 fully saturated rings. The quantitative estimate of drug-likeness (QED) is 0.600. The van der Waals surface area contributed by atoms with E-state index in [2.05, 4.69) is 11.6 Å². The number of thioether (sulfide) groups is 1. The molecule has 0 radical (unpaired) electrons.